The second kappa shape index (κ2) is 66.7. The van der Waals surface area contributed by atoms with Gasteiger partial charge < -0.3 is 50.8 Å². The molecule has 0 radical (unpaired) electrons. The largest absolute Gasteiger partial charge is 1.00 e. The van der Waals surface area contributed by atoms with Crippen LogP contribution in [0.4, 0.5) is 34.1 Å². The van der Waals surface area contributed by atoms with Gasteiger partial charge >= 0.3 is 194 Å². The molecule has 8 aromatic carbocycles. The summed E-state index contributed by atoms with van der Waals surface area (Å²) in [5, 5.41) is 30.5. The zero-order valence-electron chi connectivity index (χ0n) is 80.9. The van der Waals surface area contributed by atoms with Gasteiger partial charge in [-0.2, -0.15) is 0 Å². The zero-order valence-corrected chi connectivity index (χ0v) is 91.3. The van der Waals surface area contributed by atoms with Crippen LogP contribution < -0.4 is 69.7 Å². The van der Waals surface area contributed by atoms with E-state index >= 15 is 0 Å². The average Bonchev–Trinajstić information content (AvgIpc) is 1.08. The fourth-order valence-electron chi connectivity index (χ4n) is 11.1. The maximum Gasteiger partial charge on any atom is 1.00 e. The normalized spacial score (nSPS) is 11.8. The molecule has 2 aliphatic rings. The van der Waals surface area contributed by atoms with Crippen LogP contribution in [0.3, 0.4) is 0 Å². The van der Waals surface area contributed by atoms with Crippen LogP contribution in [0.1, 0.15) is 245 Å². The molecule has 118 heavy (non-hydrogen) atoms. The van der Waals surface area contributed by atoms with E-state index in [0.29, 0.717) is 17.2 Å². The van der Waals surface area contributed by atoms with E-state index in [4.69, 9.17) is 18.9 Å². The number of nitrogens with zero attached hydrogens (tertiary/aromatic N) is 6. The van der Waals surface area contributed by atoms with E-state index in [-0.39, 0.29) is 92.3 Å². The number of hydrogen-bond acceptors (Lipinski definition) is 4. The van der Waals surface area contributed by atoms with E-state index in [1.165, 1.54) is 103 Å². The number of ether oxygens (including phenoxy) is 4. The molecule has 0 amide bonds. The first kappa shape index (κ1) is 120. The van der Waals surface area contributed by atoms with E-state index in [9.17, 15) is 0 Å². The quantitative estimate of drug-likeness (QED) is 0.0893. The predicted octanol–water partition coefficient (Wildman–Crippen LogP) is 24.7. The number of aryl methyl sites for hydroxylation is 12. The van der Waals surface area contributed by atoms with Gasteiger partial charge in [0, 0.05) is 52.9 Å². The van der Waals surface area contributed by atoms with Crippen molar-refractivity contribution in [1.29, 1.82) is 0 Å². The molecule has 0 bridgehead atoms. The van der Waals surface area contributed by atoms with Gasteiger partial charge in [0.2, 0.25) is 0 Å². The molecule has 16 heteroatoms. The average molecular weight is 1830 g/mol. The summed E-state index contributed by atoms with van der Waals surface area (Å²) in [6, 6.07) is 59.4. The summed E-state index contributed by atoms with van der Waals surface area (Å²) >= 11 is 3.85. The maximum absolute atomic E-state index is 4.94. The van der Waals surface area contributed by atoms with Gasteiger partial charge in [0.1, 0.15) is 0 Å². The molecule has 10 rings (SSSR count). The minimum Gasteiger partial charge on any atom is 1.00 e. The van der Waals surface area contributed by atoms with Crippen LogP contribution >= 0.6 is 17.2 Å². The van der Waals surface area contributed by atoms with Crippen LogP contribution in [0, 0.1) is 91.0 Å². The maximum atomic E-state index is 4.94. The molecule has 0 N–H and O–H groups in total. The molecule has 2 aliphatic heterocycles. The molecule has 8 aromatic rings. The minimum atomic E-state index is 0. The van der Waals surface area contributed by atoms with Crippen molar-refractivity contribution in [2.75, 3.05) is 52.9 Å². The summed E-state index contributed by atoms with van der Waals surface area (Å²) in [6.07, 6.45) is 5.11. The predicted molar refractivity (Wildman–Crippen MR) is 516 cm³/mol. The Morgan fingerprint density at radius 3 is 0.508 bits per heavy atom. The van der Waals surface area contributed by atoms with Crippen LogP contribution in [-0.4, -0.2) is 86.1 Å². The SMILES string of the molecule is C1CCOC1.C1CCOC1.CCOCC.CCOCC.Cc1cc(C)cc([N-]C(C)(C)C)c1.Cc1cc(C)cc([N-]C(C)(C)C)c1.Cc1cc(C)cc([N-]C(C)(C)C)c1.Cc1cc(C)cc([N-]C(C)(C)C)c1.Cc1cc(C)cc([N-]C(C)(C)C)c1.Cc1cc(C)cc([N-]C(C)(C)C)c1.[Mo]#[C][PH2+]c1ccccc1.[Mo]#[C][PH2+]c1ccccc1.[Na+].[Na+]. The van der Waals surface area contributed by atoms with E-state index in [0.717, 1.165) is 87.0 Å². The summed E-state index contributed by atoms with van der Waals surface area (Å²) in [7, 11) is 0.595. The molecule has 2 fully saturated rings. The van der Waals surface area contributed by atoms with Crippen LogP contribution in [0.2, 0.25) is 0 Å². The second-order valence-electron chi connectivity index (χ2n) is 35.3. The second-order valence-corrected chi connectivity index (χ2v) is 41.2. The van der Waals surface area contributed by atoms with Gasteiger partial charge in [0.25, 0.3) is 0 Å². The van der Waals surface area contributed by atoms with Crippen molar-refractivity contribution in [2.24, 2.45) is 0 Å². The Labute approximate surface area is 794 Å². The van der Waals surface area contributed by atoms with Gasteiger partial charge in [-0.3, -0.25) is 0 Å². The van der Waals surface area contributed by atoms with Crippen LogP contribution in [0.15, 0.2) is 170 Å². The molecule has 2 saturated heterocycles. The van der Waals surface area contributed by atoms with Crippen molar-refractivity contribution in [3.63, 3.8) is 0 Å². The van der Waals surface area contributed by atoms with Gasteiger partial charge in [-0.25, -0.2) is 0 Å². The first-order valence-electron chi connectivity index (χ1n) is 41.6. The smallest absolute Gasteiger partial charge is 1.00 e. The van der Waals surface area contributed by atoms with E-state index in [2.05, 4.69) is 405 Å². The van der Waals surface area contributed by atoms with Gasteiger partial charge in [0.15, 0.2) is 0 Å². The van der Waals surface area contributed by atoms with Crippen LogP contribution in [-0.2, 0) is 57.3 Å². The van der Waals surface area contributed by atoms with Gasteiger partial charge in [-0.1, -0.05) is 301 Å². The third-order valence-electron chi connectivity index (χ3n) is 14.5. The molecule has 0 spiro atoms. The Morgan fingerprint density at radius 2 is 0.415 bits per heavy atom. The fourth-order valence-corrected chi connectivity index (χ4v) is 14.2. The molecular formula is C102H158Mo2N6Na2O4P2-2. The Morgan fingerprint density at radius 1 is 0.271 bits per heavy atom. The molecule has 0 aliphatic carbocycles. The van der Waals surface area contributed by atoms with E-state index in [1.54, 1.807) is 0 Å². The molecule has 2 atom stereocenters. The fraction of sp³-hybridized carbons (Fsp3) is 0.510. The topological polar surface area (TPSA) is 122 Å². The zero-order chi connectivity index (χ0) is 88.7. The Kier molecular flexibility index (Phi) is 68.1. The van der Waals surface area contributed by atoms with E-state index in [1.807, 2.05) is 78.1 Å². The standard InChI is InChI=1S/6C12H18N.2C7H7P.2C4H8O.2C4H10O.2Mo.2Na/c6*1-9-6-10(2)8-11(7-9)13-12(3,4)5;2*1-8-7-5-3-2-4-6-7;2*1-2-4-5-3-1;2*1-3-5-4-2;;;;/h6*6-8H,1-5H3;2*2-6H,8H2;2*1-4H2;2*3-4H2,1-2H3;;;;/q6*-1;2*+1;;;;;;;2*+1. The third kappa shape index (κ3) is 77.0. The van der Waals surface area contributed by atoms with E-state index < -0.39 is 0 Å². The molecule has 646 valence electrons. The monoisotopic (exact) mass is 1830 g/mol. The number of benzene rings is 8. The first-order chi connectivity index (χ1) is 53.9. The summed E-state index contributed by atoms with van der Waals surface area (Å²) in [5.74, 6) is 0. The molecule has 2 unspecified atom stereocenters. The van der Waals surface area contributed by atoms with Crippen molar-refractivity contribution in [3.05, 3.63) is 269 Å². The Bertz CT molecular complexity index is 3290. The van der Waals surface area contributed by atoms with Gasteiger partial charge in [-0.05, 0) is 136 Å². The summed E-state index contributed by atoms with van der Waals surface area (Å²) < 4.78 is 25.9. The van der Waals surface area contributed by atoms with Crippen molar-refractivity contribution in [1.82, 2.24) is 0 Å². The minimum absolute atomic E-state index is 0. The van der Waals surface area contributed by atoms with Gasteiger partial charge in [0.05, 0.1) is 0 Å². The first-order valence-corrected chi connectivity index (χ1v) is 45.9. The molecular weight excluding hydrogens is 1670 g/mol. The Hall–Kier alpha value is -3.80. The molecule has 0 saturated carbocycles. The van der Waals surface area contributed by atoms with Crippen molar-refractivity contribution in [2.45, 2.75) is 294 Å². The third-order valence-corrected chi connectivity index (χ3v) is 18.0. The Balaban J connectivity index is -0.000000608. The van der Waals surface area contributed by atoms with Crippen molar-refractivity contribution in [3.8, 4) is 7.89 Å². The van der Waals surface area contributed by atoms with Gasteiger partial charge in [-0.15, -0.1) is 67.4 Å². The summed E-state index contributed by atoms with van der Waals surface area (Å²) in [5.41, 5.74) is 22.0. The molecule has 10 nitrogen and oxygen atoms in total. The molecule has 0 aromatic heterocycles. The number of rotatable bonds is 12. The van der Waals surface area contributed by atoms with Crippen molar-refractivity contribution < 1.29 is 116 Å². The van der Waals surface area contributed by atoms with Crippen molar-refractivity contribution >= 4 is 61.9 Å². The van der Waals surface area contributed by atoms with Crippen LogP contribution in [0.25, 0.3) is 31.9 Å². The van der Waals surface area contributed by atoms with Crippen LogP contribution in [0.5, 0.6) is 0 Å². The summed E-state index contributed by atoms with van der Waals surface area (Å²) in [6.45, 7) is 78.7. The number of hydrogen-bond donors (Lipinski definition) is 0. The summed E-state index contributed by atoms with van der Waals surface area (Å²) in [4.78, 5) is 0. The molecule has 2 heterocycles.